The number of piperidine rings is 1. The molecule has 5 nitrogen and oxygen atoms in total. The Morgan fingerprint density at radius 1 is 1.39 bits per heavy atom. The summed E-state index contributed by atoms with van der Waals surface area (Å²) in [6.07, 6.45) is 1.22. The van der Waals surface area contributed by atoms with Crippen LogP contribution < -0.4 is 10.6 Å². The quantitative estimate of drug-likeness (QED) is 0.689. The van der Waals surface area contributed by atoms with Gasteiger partial charge in [-0.3, -0.25) is 0 Å². The second-order valence-corrected chi connectivity index (χ2v) is 5.03. The molecule has 1 aromatic rings. The number of para-hydroxylation sites is 1. The van der Waals surface area contributed by atoms with Gasteiger partial charge in [0.05, 0.1) is 22.5 Å². The lowest BCUT2D eigenvalue weighted by molar-refractivity contribution is 0.0351. The molecule has 4 N–H and O–H groups in total. The molecule has 1 heterocycles. The van der Waals surface area contributed by atoms with Crippen molar-refractivity contribution >= 4 is 17.3 Å². The van der Waals surface area contributed by atoms with Crippen LogP contribution in [0.3, 0.4) is 0 Å². The molecule has 0 unspecified atom stereocenters. The van der Waals surface area contributed by atoms with Gasteiger partial charge in [-0.2, -0.15) is 0 Å². The average molecular weight is 250 g/mol. The van der Waals surface area contributed by atoms with E-state index in [9.17, 15) is 15.0 Å². The van der Waals surface area contributed by atoms with Crippen LogP contribution in [-0.4, -0.2) is 34.9 Å². The first-order chi connectivity index (χ1) is 8.41. The van der Waals surface area contributed by atoms with E-state index in [0.29, 0.717) is 37.3 Å². The molecule has 0 aromatic heterocycles. The number of hydrogen-bond donors (Lipinski definition) is 3. The topological polar surface area (TPSA) is 86.8 Å². The van der Waals surface area contributed by atoms with Crippen molar-refractivity contribution < 1.29 is 15.0 Å². The Balaban J connectivity index is 2.31. The van der Waals surface area contributed by atoms with E-state index in [2.05, 4.69) is 0 Å². The second-order valence-electron chi connectivity index (χ2n) is 5.03. The van der Waals surface area contributed by atoms with Crippen molar-refractivity contribution in [1.82, 2.24) is 0 Å². The molecular formula is C13H18N2O3. The van der Waals surface area contributed by atoms with Gasteiger partial charge in [-0.1, -0.05) is 6.07 Å². The van der Waals surface area contributed by atoms with Crippen molar-refractivity contribution in [2.45, 2.75) is 25.4 Å². The number of aliphatic hydroxyl groups is 1. The molecule has 1 aromatic carbocycles. The summed E-state index contributed by atoms with van der Waals surface area (Å²) in [6, 6.07) is 4.90. The van der Waals surface area contributed by atoms with Crippen LogP contribution in [0.4, 0.5) is 11.4 Å². The molecule has 1 fully saturated rings. The number of nitrogens with two attached hydrogens (primary N) is 1. The number of nitrogen functional groups attached to an aromatic ring is 1. The Morgan fingerprint density at radius 2 is 2.00 bits per heavy atom. The molecule has 98 valence electrons. The van der Waals surface area contributed by atoms with Crippen LogP contribution in [-0.2, 0) is 0 Å². The predicted octanol–water partition coefficient (Wildman–Crippen LogP) is 1.32. The Kier molecular flexibility index (Phi) is 3.17. The third-order valence-corrected chi connectivity index (χ3v) is 3.45. The molecular weight excluding hydrogens is 232 g/mol. The van der Waals surface area contributed by atoms with E-state index in [1.165, 1.54) is 0 Å². The zero-order valence-electron chi connectivity index (χ0n) is 10.4. The van der Waals surface area contributed by atoms with Crippen LogP contribution in [0, 0.1) is 0 Å². The molecule has 2 rings (SSSR count). The third-order valence-electron chi connectivity index (χ3n) is 3.45. The minimum Gasteiger partial charge on any atom is -0.478 e. The smallest absolute Gasteiger partial charge is 0.337 e. The first-order valence-corrected chi connectivity index (χ1v) is 6.00. The predicted molar refractivity (Wildman–Crippen MR) is 69.9 cm³/mol. The van der Waals surface area contributed by atoms with Gasteiger partial charge in [0.2, 0.25) is 0 Å². The summed E-state index contributed by atoms with van der Waals surface area (Å²) in [5, 5.41) is 19.1. The normalized spacial score (nSPS) is 18.7. The Labute approximate surface area is 106 Å². The highest BCUT2D eigenvalue weighted by molar-refractivity contribution is 5.98. The molecule has 0 atom stereocenters. The van der Waals surface area contributed by atoms with Gasteiger partial charge >= 0.3 is 5.97 Å². The third kappa shape index (κ3) is 2.41. The lowest BCUT2D eigenvalue weighted by Gasteiger charge is -2.38. The summed E-state index contributed by atoms with van der Waals surface area (Å²) in [5.41, 5.74) is 6.48. The highest BCUT2D eigenvalue weighted by Gasteiger charge is 2.29. The SMILES string of the molecule is CC1(O)CCN(c2c(N)cccc2C(=O)O)CC1. The zero-order valence-corrected chi connectivity index (χ0v) is 10.4. The lowest BCUT2D eigenvalue weighted by Crippen LogP contribution is -2.43. The molecule has 0 aliphatic carbocycles. The summed E-state index contributed by atoms with van der Waals surface area (Å²) >= 11 is 0. The number of carbonyl (C=O) groups is 1. The number of carboxylic acids is 1. The van der Waals surface area contributed by atoms with E-state index in [4.69, 9.17) is 5.73 Å². The van der Waals surface area contributed by atoms with E-state index in [0.717, 1.165) is 0 Å². The molecule has 0 spiro atoms. The van der Waals surface area contributed by atoms with E-state index >= 15 is 0 Å². The maximum atomic E-state index is 11.2. The standard InChI is InChI=1S/C13H18N2O3/c1-13(18)5-7-15(8-6-13)11-9(12(16)17)3-2-4-10(11)14/h2-4,18H,5-8,14H2,1H3,(H,16,17). The minimum absolute atomic E-state index is 0.219. The largest absolute Gasteiger partial charge is 0.478 e. The Bertz CT molecular complexity index is 461. The zero-order chi connectivity index (χ0) is 13.3. The monoisotopic (exact) mass is 250 g/mol. The van der Waals surface area contributed by atoms with Crippen LogP contribution in [0.5, 0.6) is 0 Å². The van der Waals surface area contributed by atoms with E-state index < -0.39 is 11.6 Å². The van der Waals surface area contributed by atoms with Crippen molar-refractivity contribution in [3.05, 3.63) is 23.8 Å². The second kappa shape index (κ2) is 4.49. The maximum Gasteiger partial charge on any atom is 0.337 e. The number of rotatable bonds is 2. The van der Waals surface area contributed by atoms with Crippen molar-refractivity contribution in [2.75, 3.05) is 23.7 Å². The number of benzene rings is 1. The van der Waals surface area contributed by atoms with Gasteiger partial charge < -0.3 is 20.8 Å². The number of carboxylic acid groups (broad SMARTS) is 1. The molecule has 5 heteroatoms. The molecule has 0 bridgehead atoms. The number of aromatic carboxylic acids is 1. The van der Waals surface area contributed by atoms with Gasteiger partial charge in [0.1, 0.15) is 0 Å². The molecule has 1 saturated heterocycles. The number of hydrogen-bond acceptors (Lipinski definition) is 4. The molecule has 1 aliphatic rings. The molecule has 0 saturated carbocycles. The van der Waals surface area contributed by atoms with Crippen LogP contribution in [0.1, 0.15) is 30.1 Å². The average Bonchev–Trinajstić information content (AvgIpc) is 2.29. The Hall–Kier alpha value is -1.75. The number of nitrogens with zero attached hydrogens (tertiary/aromatic N) is 1. The summed E-state index contributed by atoms with van der Waals surface area (Å²) < 4.78 is 0. The van der Waals surface area contributed by atoms with Crippen LogP contribution >= 0.6 is 0 Å². The molecule has 1 aliphatic heterocycles. The van der Waals surface area contributed by atoms with E-state index in [1.807, 2.05) is 4.90 Å². The first-order valence-electron chi connectivity index (χ1n) is 6.00. The van der Waals surface area contributed by atoms with Gasteiger partial charge in [0, 0.05) is 13.1 Å². The van der Waals surface area contributed by atoms with Gasteiger partial charge in [-0.15, -0.1) is 0 Å². The van der Waals surface area contributed by atoms with E-state index in [-0.39, 0.29) is 5.56 Å². The minimum atomic E-state index is -0.977. The molecule has 0 radical (unpaired) electrons. The van der Waals surface area contributed by atoms with Gasteiger partial charge in [0.25, 0.3) is 0 Å². The fourth-order valence-corrected chi connectivity index (χ4v) is 2.30. The fourth-order valence-electron chi connectivity index (χ4n) is 2.30. The highest BCUT2D eigenvalue weighted by atomic mass is 16.4. The van der Waals surface area contributed by atoms with Crippen molar-refractivity contribution in [3.63, 3.8) is 0 Å². The molecule has 0 amide bonds. The Morgan fingerprint density at radius 3 is 2.56 bits per heavy atom. The lowest BCUT2D eigenvalue weighted by atomic mass is 9.93. The van der Waals surface area contributed by atoms with Gasteiger partial charge in [0.15, 0.2) is 0 Å². The number of anilines is 2. The van der Waals surface area contributed by atoms with Crippen molar-refractivity contribution in [2.24, 2.45) is 0 Å². The summed E-state index contributed by atoms with van der Waals surface area (Å²) in [6.45, 7) is 3.03. The van der Waals surface area contributed by atoms with Crippen LogP contribution in [0.25, 0.3) is 0 Å². The van der Waals surface area contributed by atoms with Crippen LogP contribution in [0.15, 0.2) is 18.2 Å². The highest BCUT2D eigenvalue weighted by Crippen LogP contribution is 2.32. The maximum absolute atomic E-state index is 11.2. The first kappa shape index (κ1) is 12.7. The van der Waals surface area contributed by atoms with Crippen LogP contribution in [0.2, 0.25) is 0 Å². The van der Waals surface area contributed by atoms with Gasteiger partial charge in [-0.05, 0) is 31.9 Å². The summed E-state index contributed by atoms with van der Waals surface area (Å²) in [7, 11) is 0. The van der Waals surface area contributed by atoms with Crippen molar-refractivity contribution in [1.29, 1.82) is 0 Å². The van der Waals surface area contributed by atoms with Crippen molar-refractivity contribution in [3.8, 4) is 0 Å². The molecule has 18 heavy (non-hydrogen) atoms. The summed E-state index contributed by atoms with van der Waals surface area (Å²) in [5.74, 6) is -0.977. The van der Waals surface area contributed by atoms with Gasteiger partial charge in [-0.25, -0.2) is 4.79 Å². The summed E-state index contributed by atoms with van der Waals surface area (Å²) in [4.78, 5) is 13.2. The van der Waals surface area contributed by atoms with E-state index in [1.54, 1.807) is 25.1 Å². The fraction of sp³-hybridized carbons (Fsp3) is 0.462.